The van der Waals surface area contributed by atoms with Crippen LogP contribution in [0.5, 0.6) is 0 Å². The van der Waals surface area contributed by atoms with E-state index >= 15 is 0 Å². The van der Waals surface area contributed by atoms with Crippen molar-refractivity contribution in [3.05, 3.63) is 11.1 Å². The SMILES string of the molecule is CC1=C2CC34CN5CC56CCCC6CC#CCC3(C)C2(CC1)C(C)CC41CCCC1. The summed E-state index contributed by atoms with van der Waals surface area (Å²) in [6.07, 6.45) is 18.4. The Morgan fingerprint density at radius 1 is 1.00 bits per heavy atom. The zero-order valence-corrected chi connectivity index (χ0v) is 19.7. The average molecular weight is 404 g/mol. The summed E-state index contributed by atoms with van der Waals surface area (Å²) in [5, 5.41) is 0. The fourth-order valence-electron chi connectivity index (χ4n) is 11.5. The third-order valence-electron chi connectivity index (χ3n) is 12.9. The fraction of sp³-hybridized carbons (Fsp3) is 0.862. The first-order valence-corrected chi connectivity index (χ1v) is 13.3. The van der Waals surface area contributed by atoms with E-state index in [0.717, 1.165) is 11.8 Å². The molecule has 30 heavy (non-hydrogen) atoms. The van der Waals surface area contributed by atoms with Crippen LogP contribution in [0, 0.1) is 45.3 Å². The van der Waals surface area contributed by atoms with Crippen molar-refractivity contribution < 1.29 is 0 Å². The molecule has 7 rings (SSSR count). The van der Waals surface area contributed by atoms with Crippen LogP contribution in [-0.4, -0.2) is 23.5 Å². The molecular formula is C29H41N. The van der Waals surface area contributed by atoms with Crippen molar-refractivity contribution in [1.82, 2.24) is 4.90 Å². The van der Waals surface area contributed by atoms with Crippen molar-refractivity contribution in [2.45, 2.75) is 110 Å². The molecule has 2 bridgehead atoms. The van der Waals surface area contributed by atoms with Gasteiger partial charge in [0.15, 0.2) is 0 Å². The molecule has 4 saturated carbocycles. The lowest BCUT2D eigenvalue weighted by Crippen LogP contribution is -2.63. The third-order valence-corrected chi connectivity index (χ3v) is 12.9. The van der Waals surface area contributed by atoms with E-state index in [1.165, 1.54) is 96.6 Å². The average Bonchev–Trinajstić information content (AvgIpc) is 3.07. The lowest BCUT2D eigenvalue weighted by molar-refractivity contribution is -0.177. The van der Waals surface area contributed by atoms with Crippen molar-refractivity contribution in [2.75, 3.05) is 13.1 Å². The van der Waals surface area contributed by atoms with Gasteiger partial charge < -0.3 is 0 Å². The van der Waals surface area contributed by atoms with Crippen LogP contribution in [0.15, 0.2) is 11.1 Å². The second-order valence-corrected chi connectivity index (χ2v) is 13.2. The van der Waals surface area contributed by atoms with Gasteiger partial charge in [-0.25, -0.2) is 0 Å². The van der Waals surface area contributed by atoms with Crippen LogP contribution >= 0.6 is 0 Å². The second-order valence-electron chi connectivity index (χ2n) is 13.2. The molecule has 5 aliphatic carbocycles. The second kappa shape index (κ2) is 5.60. The summed E-state index contributed by atoms with van der Waals surface area (Å²) >= 11 is 0. The van der Waals surface area contributed by atoms with Gasteiger partial charge in [0.05, 0.1) is 0 Å². The summed E-state index contributed by atoms with van der Waals surface area (Å²) in [6, 6.07) is 0. The van der Waals surface area contributed by atoms with Crippen molar-refractivity contribution in [2.24, 2.45) is 33.5 Å². The number of rotatable bonds is 0. The lowest BCUT2D eigenvalue weighted by Gasteiger charge is -2.66. The van der Waals surface area contributed by atoms with E-state index in [2.05, 4.69) is 37.5 Å². The topological polar surface area (TPSA) is 3.01 Å². The van der Waals surface area contributed by atoms with Gasteiger partial charge in [0.2, 0.25) is 0 Å². The first kappa shape index (κ1) is 18.8. The first-order valence-electron chi connectivity index (χ1n) is 13.3. The highest BCUT2D eigenvalue weighted by Crippen LogP contribution is 2.85. The summed E-state index contributed by atoms with van der Waals surface area (Å²) < 4.78 is 0. The molecule has 7 atom stereocenters. The predicted octanol–water partition coefficient (Wildman–Crippen LogP) is 6.73. The monoisotopic (exact) mass is 403 g/mol. The third kappa shape index (κ3) is 1.80. The molecule has 2 heterocycles. The Balaban J connectivity index is 1.47. The Hall–Kier alpha value is -0.740. The molecule has 2 aliphatic heterocycles. The van der Waals surface area contributed by atoms with E-state index in [9.17, 15) is 0 Å². The first-order chi connectivity index (χ1) is 14.4. The maximum Gasteiger partial charge on any atom is 0.0374 e. The summed E-state index contributed by atoms with van der Waals surface area (Å²) in [4.78, 5) is 3.04. The molecule has 0 aromatic carbocycles. The van der Waals surface area contributed by atoms with Gasteiger partial charge in [-0.3, -0.25) is 4.90 Å². The van der Waals surface area contributed by atoms with Gasteiger partial charge in [-0.1, -0.05) is 44.3 Å². The summed E-state index contributed by atoms with van der Waals surface area (Å²) in [5.74, 6) is 9.40. The van der Waals surface area contributed by atoms with E-state index in [1.807, 2.05) is 5.57 Å². The Bertz CT molecular complexity index is 895. The number of allylic oxidation sites excluding steroid dienone is 2. The zero-order valence-electron chi connectivity index (χ0n) is 19.7. The van der Waals surface area contributed by atoms with E-state index in [-0.39, 0.29) is 0 Å². The molecule has 7 unspecified atom stereocenters. The van der Waals surface area contributed by atoms with Gasteiger partial charge in [0.25, 0.3) is 0 Å². The molecule has 0 aromatic heterocycles. The highest BCUT2D eigenvalue weighted by atomic mass is 15.4. The van der Waals surface area contributed by atoms with Gasteiger partial charge in [-0.2, -0.15) is 0 Å². The van der Waals surface area contributed by atoms with Gasteiger partial charge >= 0.3 is 0 Å². The summed E-state index contributed by atoms with van der Waals surface area (Å²) in [6.45, 7) is 10.7. The smallest absolute Gasteiger partial charge is 0.0374 e. The van der Waals surface area contributed by atoms with Gasteiger partial charge in [0, 0.05) is 36.9 Å². The van der Waals surface area contributed by atoms with Crippen molar-refractivity contribution >= 4 is 0 Å². The molecule has 7 aliphatic rings. The largest absolute Gasteiger partial charge is 0.294 e. The summed E-state index contributed by atoms with van der Waals surface area (Å²) in [7, 11) is 0. The quantitative estimate of drug-likeness (QED) is 0.246. The highest BCUT2D eigenvalue weighted by Gasteiger charge is 2.79. The molecule has 0 amide bonds. The number of hydrogen-bond donors (Lipinski definition) is 0. The molecule has 3 spiro atoms. The molecule has 1 saturated heterocycles. The maximum absolute atomic E-state index is 3.90. The Kier molecular flexibility index (Phi) is 3.51. The summed E-state index contributed by atoms with van der Waals surface area (Å²) in [5.41, 5.74) is 6.17. The normalized spacial score (nSPS) is 54.8. The van der Waals surface area contributed by atoms with E-state index in [4.69, 9.17) is 0 Å². The lowest BCUT2D eigenvalue weighted by atomic mass is 9.38. The fourth-order valence-corrected chi connectivity index (χ4v) is 11.5. The van der Waals surface area contributed by atoms with Crippen LogP contribution in [-0.2, 0) is 0 Å². The van der Waals surface area contributed by atoms with Crippen LogP contribution in [0.25, 0.3) is 0 Å². The van der Waals surface area contributed by atoms with Crippen molar-refractivity contribution in [3.63, 3.8) is 0 Å². The molecule has 5 fully saturated rings. The molecule has 1 nitrogen and oxygen atoms in total. The van der Waals surface area contributed by atoms with Crippen LogP contribution in [0.4, 0.5) is 0 Å². The van der Waals surface area contributed by atoms with Gasteiger partial charge in [-0.15, -0.1) is 11.8 Å². The minimum absolute atomic E-state index is 0.372. The molecule has 0 aromatic rings. The van der Waals surface area contributed by atoms with E-state index in [1.54, 1.807) is 5.57 Å². The van der Waals surface area contributed by atoms with Crippen molar-refractivity contribution in [3.8, 4) is 11.8 Å². The molecule has 1 heteroatoms. The molecule has 0 N–H and O–H groups in total. The predicted molar refractivity (Wildman–Crippen MR) is 123 cm³/mol. The Labute approximate surface area is 184 Å². The van der Waals surface area contributed by atoms with Gasteiger partial charge in [-0.05, 0) is 86.4 Å². The molecule has 0 radical (unpaired) electrons. The number of hydrogen-bond acceptors (Lipinski definition) is 1. The van der Waals surface area contributed by atoms with Gasteiger partial charge in [0.1, 0.15) is 0 Å². The van der Waals surface area contributed by atoms with Crippen LogP contribution in [0.3, 0.4) is 0 Å². The van der Waals surface area contributed by atoms with Crippen LogP contribution < -0.4 is 0 Å². The molecular weight excluding hydrogens is 362 g/mol. The van der Waals surface area contributed by atoms with E-state index < -0.39 is 0 Å². The number of nitrogens with zero attached hydrogens (tertiary/aromatic N) is 1. The zero-order chi connectivity index (χ0) is 20.4. The van der Waals surface area contributed by atoms with Crippen LogP contribution in [0.1, 0.15) is 104 Å². The van der Waals surface area contributed by atoms with Crippen LogP contribution in [0.2, 0.25) is 0 Å². The Morgan fingerprint density at radius 2 is 1.83 bits per heavy atom. The molecule has 162 valence electrons. The highest BCUT2D eigenvalue weighted by molar-refractivity contribution is 5.45. The maximum atomic E-state index is 3.90. The minimum atomic E-state index is 0.372. The van der Waals surface area contributed by atoms with Crippen molar-refractivity contribution in [1.29, 1.82) is 0 Å². The minimum Gasteiger partial charge on any atom is -0.294 e. The van der Waals surface area contributed by atoms with E-state index in [0.29, 0.717) is 27.2 Å². The standard InChI is InChI=1S/C29H41N/c1-21-11-16-29-22(2)17-26(13-6-7-14-26)28(18-24(21)29)20-30-19-27(30)15-8-10-23(27)9-4-5-12-25(28,29)3/h22-23H,6-20H2,1-3H3. The Morgan fingerprint density at radius 3 is 2.67 bits per heavy atom.